The van der Waals surface area contributed by atoms with Gasteiger partial charge in [0.1, 0.15) is 5.75 Å². The van der Waals surface area contributed by atoms with E-state index in [1.807, 2.05) is 24.3 Å². The number of nitrogens with zero attached hydrogens (tertiary/aromatic N) is 2. The predicted octanol–water partition coefficient (Wildman–Crippen LogP) is 7.45. The summed E-state index contributed by atoms with van der Waals surface area (Å²) in [5, 5.41) is 0. The third kappa shape index (κ3) is 10.9. The van der Waals surface area contributed by atoms with Crippen LogP contribution in [0.3, 0.4) is 0 Å². The minimum Gasteiger partial charge on any atom is -0.493 e. The van der Waals surface area contributed by atoms with Gasteiger partial charge >= 0.3 is 0 Å². The summed E-state index contributed by atoms with van der Waals surface area (Å²) >= 11 is 0. The van der Waals surface area contributed by atoms with Gasteiger partial charge in [-0.3, -0.25) is 0 Å². The third-order valence-corrected chi connectivity index (χ3v) is 5.53. The number of hydrogen-bond acceptors (Lipinski definition) is 5. The second-order valence-corrected chi connectivity index (χ2v) is 8.62. The first-order valence-electron chi connectivity index (χ1n) is 12.5. The van der Waals surface area contributed by atoms with E-state index in [9.17, 15) is 0 Å². The van der Waals surface area contributed by atoms with Crippen LogP contribution in [0.2, 0.25) is 0 Å². The van der Waals surface area contributed by atoms with E-state index >= 15 is 0 Å². The van der Waals surface area contributed by atoms with Crippen LogP contribution in [-0.4, -0.2) is 30.0 Å². The molecule has 0 aliphatic heterocycles. The lowest BCUT2D eigenvalue weighted by Gasteiger charge is -2.13. The molecule has 5 heteroatoms. The van der Waals surface area contributed by atoms with Gasteiger partial charge in [0.2, 0.25) is 0 Å². The molecule has 0 radical (unpaired) electrons. The van der Waals surface area contributed by atoms with E-state index in [0.29, 0.717) is 17.5 Å². The average Bonchev–Trinajstić information content (AvgIpc) is 2.83. The van der Waals surface area contributed by atoms with Gasteiger partial charge in [-0.15, -0.1) is 0 Å². The molecule has 0 aliphatic carbocycles. The molecule has 1 aromatic heterocycles. The summed E-state index contributed by atoms with van der Waals surface area (Å²) in [4.78, 5) is 8.84. The molecule has 0 bridgehead atoms. The van der Waals surface area contributed by atoms with Crippen LogP contribution < -0.4 is 9.47 Å². The molecule has 1 heterocycles. The molecule has 0 saturated heterocycles. The number of benzene rings is 1. The van der Waals surface area contributed by atoms with Crippen molar-refractivity contribution in [2.24, 2.45) is 5.92 Å². The zero-order valence-electron chi connectivity index (χ0n) is 20.4. The number of hydrogen-bond donors (Lipinski definition) is 0. The maximum Gasteiger partial charge on any atom is 0.189 e. The fourth-order valence-electron chi connectivity index (χ4n) is 3.46. The van der Waals surface area contributed by atoms with Gasteiger partial charge in [0.25, 0.3) is 0 Å². The van der Waals surface area contributed by atoms with Gasteiger partial charge in [-0.25, -0.2) is 9.97 Å². The fraction of sp³-hybridized carbons (Fsp3) is 0.630. The van der Waals surface area contributed by atoms with Gasteiger partial charge in [0, 0.05) is 5.56 Å². The number of rotatable bonds is 18. The van der Waals surface area contributed by atoms with Crippen LogP contribution in [0.5, 0.6) is 11.5 Å². The first kappa shape index (κ1) is 26.1. The molecule has 2 rings (SSSR count). The van der Waals surface area contributed by atoms with Crippen LogP contribution in [0.15, 0.2) is 36.7 Å². The van der Waals surface area contributed by atoms with Crippen molar-refractivity contribution in [3.05, 3.63) is 36.7 Å². The standard InChI is InChI=1S/C27H42N2O3/c1-4-6-8-10-12-18-30-22-32-26-19-28-27(29-20-26)24-14-16-25(17-15-24)31-21-23(3)13-11-9-7-5-2/h14-17,19-20,23H,4-13,18,21-22H2,1-3H3. The quantitative estimate of drug-likeness (QED) is 0.177. The minimum atomic E-state index is 0.236. The molecule has 0 spiro atoms. The summed E-state index contributed by atoms with van der Waals surface area (Å²) in [5.74, 6) is 2.76. The normalized spacial score (nSPS) is 12.0. The van der Waals surface area contributed by atoms with Gasteiger partial charge in [-0.05, 0) is 43.0 Å². The van der Waals surface area contributed by atoms with Crippen LogP contribution >= 0.6 is 0 Å². The highest BCUT2D eigenvalue weighted by molar-refractivity contribution is 5.56. The lowest BCUT2D eigenvalue weighted by atomic mass is 10.0. The Labute approximate surface area is 194 Å². The lowest BCUT2D eigenvalue weighted by Crippen LogP contribution is -2.08. The van der Waals surface area contributed by atoms with E-state index in [4.69, 9.17) is 14.2 Å². The molecule has 0 aliphatic rings. The summed E-state index contributed by atoms with van der Waals surface area (Å²) in [5.41, 5.74) is 0.958. The lowest BCUT2D eigenvalue weighted by molar-refractivity contribution is 0.0131. The van der Waals surface area contributed by atoms with Gasteiger partial charge in [-0.2, -0.15) is 0 Å². The number of aromatic nitrogens is 2. The molecule has 1 unspecified atom stereocenters. The van der Waals surface area contributed by atoms with E-state index < -0.39 is 0 Å². The zero-order valence-corrected chi connectivity index (χ0v) is 20.4. The van der Waals surface area contributed by atoms with Crippen LogP contribution in [0.4, 0.5) is 0 Å². The second kappa shape index (κ2) is 16.5. The summed E-state index contributed by atoms with van der Waals surface area (Å²) in [7, 11) is 0. The average molecular weight is 443 g/mol. The number of ether oxygens (including phenoxy) is 3. The van der Waals surface area contributed by atoms with Crippen molar-refractivity contribution in [3.8, 4) is 22.9 Å². The monoisotopic (exact) mass is 442 g/mol. The molecular formula is C27H42N2O3. The maximum absolute atomic E-state index is 5.95. The van der Waals surface area contributed by atoms with E-state index in [0.717, 1.165) is 30.9 Å². The Morgan fingerprint density at radius 1 is 0.750 bits per heavy atom. The molecule has 1 atom stereocenters. The Hall–Kier alpha value is -2.14. The summed E-state index contributed by atoms with van der Waals surface area (Å²) < 4.78 is 17.0. The Bertz CT molecular complexity index is 704. The third-order valence-electron chi connectivity index (χ3n) is 5.53. The van der Waals surface area contributed by atoms with Gasteiger partial charge < -0.3 is 14.2 Å². The summed E-state index contributed by atoms with van der Waals surface area (Å²) in [6, 6.07) is 7.97. The SMILES string of the molecule is CCCCCCCOCOc1cnc(-c2ccc(OCC(C)CCCCCC)cc2)nc1. The summed E-state index contributed by atoms with van der Waals surface area (Å²) in [6.45, 7) is 8.45. The van der Waals surface area contributed by atoms with Crippen LogP contribution in [0, 0.1) is 5.92 Å². The van der Waals surface area contributed by atoms with E-state index in [1.165, 1.54) is 57.8 Å². The van der Waals surface area contributed by atoms with Crippen LogP contribution in [0.1, 0.15) is 85.0 Å². The molecule has 178 valence electrons. The largest absolute Gasteiger partial charge is 0.493 e. The maximum atomic E-state index is 5.95. The Morgan fingerprint density at radius 3 is 2.09 bits per heavy atom. The predicted molar refractivity (Wildman–Crippen MR) is 131 cm³/mol. The molecule has 2 aromatic rings. The van der Waals surface area contributed by atoms with Crippen LogP contribution in [-0.2, 0) is 4.74 Å². The van der Waals surface area contributed by atoms with Gasteiger partial charge in [0.05, 0.1) is 25.6 Å². The molecule has 1 aromatic carbocycles. The van der Waals surface area contributed by atoms with Crippen molar-refractivity contribution in [1.29, 1.82) is 0 Å². The van der Waals surface area contributed by atoms with Crippen LogP contribution in [0.25, 0.3) is 11.4 Å². The Kier molecular flexibility index (Phi) is 13.5. The highest BCUT2D eigenvalue weighted by Crippen LogP contribution is 2.21. The fourth-order valence-corrected chi connectivity index (χ4v) is 3.46. The highest BCUT2D eigenvalue weighted by atomic mass is 16.7. The molecule has 0 amide bonds. The molecule has 0 N–H and O–H groups in total. The molecule has 0 fully saturated rings. The first-order chi connectivity index (χ1) is 15.7. The van der Waals surface area contributed by atoms with Crippen molar-refractivity contribution in [2.75, 3.05) is 20.0 Å². The Morgan fingerprint density at radius 2 is 1.41 bits per heavy atom. The number of unbranched alkanes of at least 4 members (excludes halogenated alkanes) is 7. The van der Waals surface area contributed by atoms with Crippen molar-refractivity contribution in [2.45, 2.75) is 85.0 Å². The molecule has 0 saturated carbocycles. The first-order valence-corrected chi connectivity index (χ1v) is 12.5. The zero-order chi connectivity index (χ0) is 22.9. The van der Waals surface area contributed by atoms with Crippen molar-refractivity contribution >= 4 is 0 Å². The van der Waals surface area contributed by atoms with Crippen molar-refractivity contribution in [3.63, 3.8) is 0 Å². The van der Waals surface area contributed by atoms with E-state index in [-0.39, 0.29) is 6.79 Å². The molecule has 5 nitrogen and oxygen atoms in total. The van der Waals surface area contributed by atoms with Crippen molar-refractivity contribution in [1.82, 2.24) is 9.97 Å². The second-order valence-electron chi connectivity index (χ2n) is 8.62. The van der Waals surface area contributed by atoms with Gasteiger partial charge in [-0.1, -0.05) is 72.1 Å². The Balaban J connectivity index is 1.67. The summed E-state index contributed by atoms with van der Waals surface area (Å²) in [6.07, 6.45) is 16.0. The molecular weight excluding hydrogens is 400 g/mol. The van der Waals surface area contributed by atoms with Crippen molar-refractivity contribution < 1.29 is 14.2 Å². The topological polar surface area (TPSA) is 53.5 Å². The van der Waals surface area contributed by atoms with E-state index in [2.05, 4.69) is 30.7 Å². The smallest absolute Gasteiger partial charge is 0.189 e. The molecule has 32 heavy (non-hydrogen) atoms. The van der Waals surface area contributed by atoms with E-state index in [1.54, 1.807) is 12.4 Å². The minimum absolute atomic E-state index is 0.236. The highest BCUT2D eigenvalue weighted by Gasteiger charge is 2.06. The van der Waals surface area contributed by atoms with Gasteiger partial charge in [0.15, 0.2) is 18.4 Å².